The molecule has 0 spiro atoms. The number of carboxylic acids is 1. The first-order chi connectivity index (χ1) is 16.0. The van der Waals surface area contributed by atoms with Gasteiger partial charge >= 0.3 is 5.97 Å². The Hall–Kier alpha value is -2.67. The predicted octanol–water partition coefficient (Wildman–Crippen LogP) is 2.14. The number of benzene rings is 1. The summed E-state index contributed by atoms with van der Waals surface area (Å²) < 4.78 is 6.50. The van der Waals surface area contributed by atoms with E-state index in [-0.39, 0.29) is 18.7 Å². The van der Waals surface area contributed by atoms with Crippen LogP contribution in [0.15, 0.2) is 64.1 Å². The largest absolute Gasteiger partial charge is 0.477 e. The Morgan fingerprint density at radius 3 is 2.85 bits per heavy atom. The molecular formula is C21H20N4O5S3. The van der Waals surface area contributed by atoms with Crippen molar-refractivity contribution in [3.8, 4) is 0 Å². The molecule has 2 N–H and O–H groups in total. The fourth-order valence-electron chi connectivity index (χ4n) is 3.58. The zero-order chi connectivity index (χ0) is 23.4. The van der Waals surface area contributed by atoms with Crippen molar-refractivity contribution in [2.24, 2.45) is 0 Å². The molecule has 2 amide bonds. The Labute approximate surface area is 202 Å². The summed E-state index contributed by atoms with van der Waals surface area (Å²) >= 11 is 4.08. The minimum Gasteiger partial charge on any atom is -0.477 e. The second kappa shape index (κ2) is 10.1. The highest BCUT2D eigenvalue weighted by molar-refractivity contribution is 8.01. The van der Waals surface area contributed by atoms with Gasteiger partial charge in [-0.25, -0.2) is 4.79 Å². The maximum Gasteiger partial charge on any atom is 0.352 e. The van der Waals surface area contributed by atoms with E-state index in [4.69, 9.17) is 4.74 Å². The lowest BCUT2D eigenvalue weighted by atomic mass is 9.97. The Balaban J connectivity index is 1.56. The highest BCUT2D eigenvalue weighted by Crippen LogP contribution is 2.47. The summed E-state index contributed by atoms with van der Waals surface area (Å²) in [5.41, 5.74) is 1.27. The third kappa shape index (κ3) is 4.69. The number of fused-ring (bicyclic) bond motifs is 1. The second-order valence-electron chi connectivity index (χ2n) is 7.14. The van der Waals surface area contributed by atoms with Gasteiger partial charge in [0.2, 0.25) is 5.91 Å². The third-order valence-corrected chi connectivity index (χ3v) is 8.30. The Kier molecular flexibility index (Phi) is 7.17. The van der Waals surface area contributed by atoms with Crippen molar-refractivity contribution in [3.05, 3.63) is 65.3 Å². The van der Waals surface area contributed by atoms with Gasteiger partial charge in [0, 0.05) is 11.5 Å². The van der Waals surface area contributed by atoms with Crippen LogP contribution in [0.25, 0.3) is 0 Å². The third-order valence-electron chi connectivity index (χ3n) is 4.98. The van der Waals surface area contributed by atoms with E-state index in [0.29, 0.717) is 21.4 Å². The number of β-lactam (4-membered cyclic amide) rings is 1. The molecule has 2 atom stereocenters. The number of thioether (sulfide) groups is 2. The molecule has 172 valence electrons. The van der Waals surface area contributed by atoms with E-state index in [1.165, 1.54) is 45.8 Å². The minimum atomic E-state index is -1.65. The molecule has 9 nitrogen and oxygen atoms in total. The average molecular weight is 505 g/mol. The van der Waals surface area contributed by atoms with Gasteiger partial charge in [0.05, 0.1) is 13.0 Å². The topological polar surface area (TPSA) is 122 Å². The van der Waals surface area contributed by atoms with E-state index in [9.17, 15) is 19.5 Å². The summed E-state index contributed by atoms with van der Waals surface area (Å²) in [6.07, 6.45) is 1.54. The number of rotatable bonds is 10. The van der Waals surface area contributed by atoms with Crippen LogP contribution in [0.5, 0.6) is 0 Å². The number of nitrogens with one attached hydrogen (secondary N) is 1. The van der Waals surface area contributed by atoms with Crippen LogP contribution in [0.3, 0.4) is 0 Å². The summed E-state index contributed by atoms with van der Waals surface area (Å²) in [4.78, 5) is 39.4. The number of aliphatic carboxylic acids is 1. The van der Waals surface area contributed by atoms with Crippen molar-refractivity contribution >= 4 is 52.6 Å². The minimum absolute atomic E-state index is 0.0220. The fraction of sp³-hybridized carbons (Fsp3) is 0.286. The van der Waals surface area contributed by atoms with Gasteiger partial charge in [-0.2, -0.15) is 0 Å². The zero-order valence-corrected chi connectivity index (χ0v) is 19.8. The number of nitrogens with zero attached hydrogens (tertiary/aromatic N) is 3. The van der Waals surface area contributed by atoms with Gasteiger partial charge in [0.1, 0.15) is 16.6 Å². The molecule has 1 saturated heterocycles. The smallest absolute Gasteiger partial charge is 0.352 e. The highest BCUT2D eigenvalue weighted by Gasteiger charge is 2.66. The number of amides is 2. The lowest BCUT2D eigenvalue weighted by molar-refractivity contribution is -0.196. The highest BCUT2D eigenvalue weighted by atomic mass is 32.2. The Bertz CT molecular complexity index is 1090. The maximum atomic E-state index is 13.3. The van der Waals surface area contributed by atoms with Crippen LogP contribution in [-0.4, -0.2) is 67.2 Å². The van der Waals surface area contributed by atoms with Gasteiger partial charge in [-0.15, -0.1) is 28.5 Å². The first-order valence-electron chi connectivity index (χ1n) is 9.85. The van der Waals surface area contributed by atoms with E-state index in [0.717, 1.165) is 5.56 Å². The average Bonchev–Trinajstić information content (AvgIpc) is 3.33. The predicted molar refractivity (Wildman–Crippen MR) is 126 cm³/mol. The van der Waals surface area contributed by atoms with Gasteiger partial charge in [-0.1, -0.05) is 59.5 Å². The summed E-state index contributed by atoms with van der Waals surface area (Å²) in [6, 6.07) is 9.13. The first-order valence-corrected chi connectivity index (χ1v) is 12.8. The van der Waals surface area contributed by atoms with Gasteiger partial charge in [0.25, 0.3) is 11.6 Å². The van der Waals surface area contributed by atoms with Crippen molar-refractivity contribution in [2.75, 3.05) is 18.1 Å². The van der Waals surface area contributed by atoms with Crippen LogP contribution in [0, 0.1) is 0 Å². The molecule has 0 aliphatic carbocycles. The standard InChI is InChI=1S/C21H20N4O5S3/c1-2-8-30-21(23-15(26)9-13-6-4-3-5-7-13)18(29)25-16(17(27)28)14(10-31-19(21)25)11-32-20-24-22-12-33-20/h2-7,12,19H,1,8-11H2,(H,23,26)(H,27,28)/t19-,21?/m1/s1. The van der Waals surface area contributed by atoms with Crippen LogP contribution in [0.1, 0.15) is 5.56 Å². The summed E-state index contributed by atoms with van der Waals surface area (Å²) in [5.74, 6) is -1.47. The Morgan fingerprint density at radius 1 is 1.39 bits per heavy atom. The number of carbonyl (C=O) groups excluding carboxylic acids is 2. The van der Waals surface area contributed by atoms with Crippen molar-refractivity contribution in [1.82, 2.24) is 20.4 Å². The molecule has 2 aliphatic rings. The summed E-state index contributed by atoms with van der Waals surface area (Å²) in [5, 5.41) is 19.6. The van der Waals surface area contributed by atoms with Crippen LogP contribution in [0.2, 0.25) is 0 Å². The molecule has 3 heterocycles. The zero-order valence-electron chi connectivity index (χ0n) is 17.3. The van der Waals surface area contributed by atoms with Gasteiger partial charge in [-0.3, -0.25) is 14.5 Å². The second-order valence-corrected chi connectivity index (χ2v) is 10.3. The summed E-state index contributed by atoms with van der Waals surface area (Å²) in [6.45, 7) is 3.64. The molecule has 4 rings (SSSR count). The molecule has 1 aromatic carbocycles. The maximum absolute atomic E-state index is 13.3. The van der Waals surface area contributed by atoms with Crippen LogP contribution < -0.4 is 5.32 Å². The number of hydrogen-bond donors (Lipinski definition) is 2. The van der Waals surface area contributed by atoms with E-state index in [1.807, 2.05) is 30.3 Å². The van der Waals surface area contributed by atoms with E-state index in [1.54, 1.807) is 5.51 Å². The van der Waals surface area contributed by atoms with E-state index in [2.05, 4.69) is 22.1 Å². The van der Waals surface area contributed by atoms with Crippen molar-refractivity contribution in [2.45, 2.75) is 21.9 Å². The normalized spacial score (nSPS) is 21.9. The fourth-order valence-corrected chi connectivity index (χ4v) is 6.62. The quantitative estimate of drug-likeness (QED) is 0.217. The number of hydrogen-bond acceptors (Lipinski definition) is 9. The summed E-state index contributed by atoms with van der Waals surface area (Å²) in [7, 11) is 0. The molecular weight excluding hydrogens is 484 g/mol. The first kappa shape index (κ1) is 23.5. The van der Waals surface area contributed by atoms with E-state index < -0.39 is 28.9 Å². The molecule has 0 radical (unpaired) electrons. The monoisotopic (exact) mass is 504 g/mol. The number of carboxylic acid groups (broad SMARTS) is 1. The molecule has 12 heteroatoms. The van der Waals surface area contributed by atoms with Gasteiger partial charge < -0.3 is 15.2 Å². The number of ether oxygens (including phenoxy) is 1. The van der Waals surface area contributed by atoms with Crippen LogP contribution in [-0.2, 0) is 25.5 Å². The molecule has 0 saturated carbocycles. The molecule has 1 aromatic heterocycles. The van der Waals surface area contributed by atoms with Crippen LogP contribution >= 0.6 is 34.9 Å². The number of aromatic nitrogens is 2. The number of carbonyl (C=O) groups is 3. The molecule has 0 bridgehead atoms. The van der Waals surface area contributed by atoms with Crippen molar-refractivity contribution in [3.63, 3.8) is 0 Å². The Morgan fingerprint density at radius 2 is 2.18 bits per heavy atom. The van der Waals surface area contributed by atoms with Crippen molar-refractivity contribution in [1.29, 1.82) is 0 Å². The van der Waals surface area contributed by atoms with Gasteiger partial charge in [-0.05, 0) is 11.1 Å². The lowest BCUT2D eigenvalue weighted by Crippen LogP contribution is -2.81. The molecule has 1 unspecified atom stereocenters. The van der Waals surface area contributed by atoms with Gasteiger partial charge in [0.15, 0.2) is 4.34 Å². The SMILES string of the molecule is C=CCOC1(NC(=O)Cc2ccccc2)C(=O)N2C(C(=O)O)=C(CSc3nncs3)CS[C@@H]21. The molecule has 2 aromatic rings. The van der Waals surface area contributed by atoms with Crippen molar-refractivity contribution < 1.29 is 24.2 Å². The molecule has 33 heavy (non-hydrogen) atoms. The van der Waals surface area contributed by atoms with E-state index >= 15 is 0 Å². The van der Waals surface area contributed by atoms with Crippen LogP contribution in [0.4, 0.5) is 0 Å². The lowest BCUT2D eigenvalue weighted by Gasteiger charge is -2.56. The molecule has 2 aliphatic heterocycles. The molecule has 1 fully saturated rings.